The van der Waals surface area contributed by atoms with Crippen molar-refractivity contribution in [3.05, 3.63) is 18.2 Å². The van der Waals surface area contributed by atoms with Crippen LogP contribution < -0.4 is 5.32 Å². The highest BCUT2D eigenvalue weighted by Gasteiger charge is 2.37. The van der Waals surface area contributed by atoms with Crippen molar-refractivity contribution in [2.24, 2.45) is 5.92 Å². The van der Waals surface area contributed by atoms with Crippen molar-refractivity contribution in [3.63, 3.8) is 0 Å². The van der Waals surface area contributed by atoms with E-state index in [4.69, 9.17) is 15.0 Å². The maximum atomic E-state index is 11.8. The fourth-order valence-corrected chi connectivity index (χ4v) is 2.14. The second kappa shape index (κ2) is 8.81. The van der Waals surface area contributed by atoms with Crippen LogP contribution in [0, 0.1) is 5.92 Å². The number of aryl methyl sites for hydroxylation is 2. The second-order valence-corrected chi connectivity index (χ2v) is 4.97. The van der Waals surface area contributed by atoms with Gasteiger partial charge in [-0.1, -0.05) is 6.92 Å². The number of hydrogen-bond donors (Lipinski definition) is 3. The Kier molecular flexibility index (Phi) is 7.07. The van der Waals surface area contributed by atoms with E-state index in [1.165, 1.54) is 0 Å². The molecular formula is C14H21N3O5. The Labute approximate surface area is 128 Å². The highest BCUT2D eigenvalue weighted by Crippen LogP contribution is 2.32. The van der Waals surface area contributed by atoms with Gasteiger partial charge in [0.1, 0.15) is 11.9 Å². The molecule has 8 heteroatoms. The third-order valence-corrected chi connectivity index (χ3v) is 3.37. The third-order valence-electron chi connectivity index (χ3n) is 3.37. The van der Waals surface area contributed by atoms with Gasteiger partial charge < -0.3 is 20.1 Å². The smallest absolute Gasteiger partial charge is 0.326 e. The lowest BCUT2D eigenvalue weighted by Gasteiger charge is -2.14. The minimum Gasteiger partial charge on any atom is -0.483 e. The van der Waals surface area contributed by atoms with Gasteiger partial charge in [-0.25, -0.2) is 9.78 Å². The SMILES string of the molecule is CCc1nccn1CCC(=O)N[C@H](C(=O)O)C1CC1.O=CO. The molecule has 0 spiro atoms. The average Bonchev–Trinajstić information content (AvgIpc) is 3.21. The lowest BCUT2D eigenvalue weighted by Crippen LogP contribution is -2.42. The molecule has 1 aromatic heterocycles. The number of aliphatic carboxylic acids is 1. The number of imidazole rings is 1. The van der Waals surface area contributed by atoms with E-state index in [2.05, 4.69) is 10.3 Å². The molecular weight excluding hydrogens is 290 g/mol. The predicted octanol–water partition coefficient (Wildman–Crippen LogP) is 0.516. The van der Waals surface area contributed by atoms with Crippen molar-refractivity contribution in [1.82, 2.24) is 14.9 Å². The van der Waals surface area contributed by atoms with Gasteiger partial charge in [0.05, 0.1) is 0 Å². The summed E-state index contributed by atoms with van der Waals surface area (Å²) in [4.78, 5) is 35.3. The van der Waals surface area contributed by atoms with E-state index in [0.29, 0.717) is 6.54 Å². The number of aromatic nitrogens is 2. The maximum absolute atomic E-state index is 11.8. The van der Waals surface area contributed by atoms with E-state index in [0.717, 1.165) is 25.1 Å². The highest BCUT2D eigenvalue weighted by atomic mass is 16.4. The van der Waals surface area contributed by atoms with Crippen molar-refractivity contribution in [2.75, 3.05) is 0 Å². The molecule has 0 aromatic carbocycles. The molecule has 1 aliphatic carbocycles. The van der Waals surface area contributed by atoms with Gasteiger partial charge in [-0.05, 0) is 18.8 Å². The van der Waals surface area contributed by atoms with Crippen molar-refractivity contribution >= 4 is 18.3 Å². The lowest BCUT2D eigenvalue weighted by atomic mass is 10.2. The van der Waals surface area contributed by atoms with E-state index in [9.17, 15) is 9.59 Å². The van der Waals surface area contributed by atoms with E-state index in [1.54, 1.807) is 6.20 Å². The molecule has 0 unspecified atom stereocenters. The van der Waals surface area contributed by atoms with Gasteiger partial charge in [0, 0.05) is 31.8 Å². The first kappa shape index (κ1) is 17.7. The number of carbonyl (C=O) groups is 3. The molecule has 0 radical (unpaired) electrons. The Morgan fingerprint density at radius 3 is 2.68 bits per heavy atom. The normalized spacial score (nSPS) is 14.4. The van der Waals surface area contributed by atoms with Gasteiger partial charge in [-0.3, -0.25) is 9.59 Å². The summed E-state index contributed by atoms with van der Waals surface area (Å²) in [7, 11) is 0. The first-order valence-corrected chi connectivity index (χ1v) is 7.13. The van der Waals surface area contributed by atoms with Crippen LogP contribution in [0.2, 0.25) is 0 Å². The van der Waals surface area contributed by atoms with Crippen molar-refractivity contribution in [3.8, 4) is 0 Å². The molecule has 1 fully saturated rings. The topological polar surface area (TPSA) is 122 Å². The molecule has 1 aromatic rings. The molecule has 1 heterocycles. The molecule has 2 rings (SSSR count). The Morgan fingerprint density at radius 2 is 2.18 bits per heavy atom. The van der Waals surface area contributed by atoms with Crippen LogP contribution in [0.3, 0.4) is 0 Å². The van der Waals surface area contributed by atoms with Gasteiger partial charge in [-0.2, -0.15) is 0 Å². The minimum absolute atomic E-state index is 0.112. The summed E-state index contributed by atoms with van der Waals surface area (Å²) in [5.41, 5.74) is 0. The third kappa shape index (κ3) is 5.55. The number of hydrogen-bond acceptors (Lipinski definition) is 4. The summed E-state index contributed by atoms with van der Waals surface area (Å²) in [6.07, 6.45) is 6.41. The monoisotopic (exact) mass is 311 g/mol. The first-order valence-electron chi connectivity index (χ1n) is 7.13. The fraction of sp³-hybridized carbons (Fsp3) is 0.571. The van der Waals surface area contributed by atoms with Crippen LogP contribution in [0.15, 0.2) is 12.4 Å². The van der Waals surface area contributed by atoms with Gasteiger partial charge in [0.2, 0.25) is 5.91 Å². The summed E-state index contributed by atoms with van der Waals surface area (Å²) < 4.78 is 1.92. The van der Waals surface area contributed by atoms with Crippen LogP contribution in [0.25, 0.3) is 0 Å². The van der Waals surface area contributed by atoms with E-state index in [-0.39, 0.29) is 24.7 Å². The van der Waals surface area contributed by atoms with Gasteiger partial charge in [-0.15, -0.1) is 0 Å². The van der Waals surface area contributed by atoms with Crippen molar-refractivity contribution < 1.29 is 24.6 Å². The minimum atomic E-state index is -0.937. The van der Waals surface area contributed by atoms with E-state index in [1.807, 2.05) is 17.7 Å². The number of rotatable bonds is 7. The van der Waals surface area contributed by atoms with Crippen LogP contribution in [-0.2, 0) is 27.3 Å². The van der Waals surface area contributed by atoms with Crippen LogP contribution in [0.4, 0.5) is 0 Å². The summed E-state index contributed by atoms with van der Waals surface area (Å²) in [5.74, 6) is -0.103. The Hall–Kier alpha value is -2.38. The summed E-state index contributed by atoms with van der Waals surface area (Å²) in [6.45, 7) is 2.29. The summed E-state index contributed by atoms with van der Waals surface area (Å²) in [5, 5.41) is 18.5. The molecule has 0 bridgehead atoms. The molecule has 22 heavy (non-hydrogen) atoms. The quantitative estimate of drug-likeness (QED) is 0.631. The lowest BCUT2D eigenvalue weighted by molar-refractivity contribution is -0.142. The van der Waals surface area contributed by atoms with E-state index < -0.39 is 12.0 Å². The zero-order valence-corrected chi connectivity index (χ0v) is 12.4. The predicted molar refractivity (Wildman–Crippen MR) is 77.2 cm³/mol. The van der Waals surface area contributed by atoms with Crippen LogP contribution in [0.5, 0.6) is 0 Å². The number of carboxylic acid groups (broad SMARTS) is 2. The summed E-state index contributed by atoms with van der Waals surface area (Å²) in [6, 6.07) is -0.721. The average molecular weight is 311 g/mol. The van der Waals surface area contributed by atoms with Crippen molar-refractivity contribution in [1.29, 1.82) is 0 Å². The fourth-order valence-electron chi connectivity index (χ4n) is 2.14. The van der Waals surface area contributed by atoms with Crippen molar-refractivity contribution in [2.45, 2.75) is 45.2 Å². The van der Waals surface area contributed by atoms with Gasteiger partial charge in [0.25, 0.3) is 6.47 Å². The Bertz CT molecular complexity index is 510. The largest absolute Gasteiger partial charge is 0.483 e. The zero-order valence-electron chi connectivity index (χ0n) is 12.4. The van der Waals surface area contributed by atoms with E-state index >= 15 is 0 Å². The standard InChI is InChI=1S/C13H19N3O3.CH2O2/c1-2-10-14-6-8-16(10)7-5-11(17)15-12(13(18)19)9-3-4-9;2-1-3/h6,8-9,12H,2-5,7H2,1H3,(H,15,17)(H,18,19);1H,(H,2,3)/t12-;/m0./s1. The number of nitrogens with one attached hydrogen (secondary N) is 1. The molecule has 8 nitrogen and oxygen atoms in total. The molecule has 122 valence electrons. The van der Waals surface area contributed by atoms with Crippen LogP contribution in [-0.4, -0.2) is 44.2 Å². The van der Waals surface area contributed by atoms with Gasteiger partial charge in [0.15, 0.2) is 0 Å². The number of amides is 1. The summed E-state index contributed by atoms with van der Waals surface area (Å²) >= 11 is 0. The molecule has 1 amide bonds. The molecule has 3 N–H and O–H groups in total. The maximum Gasteiger partial charge on any atom is 0.326 e. The molecule has 1 saturated carbocycles. The number of carboxylic acids is 1. The second-order valence-electron chi connectivity index (χ2n) is 4.97. The van der Waals surface area contributed by atoms with Crippen LogP contribution >= 0.6 is 0 Å². The zero-order chi connectivity index (χ0) is 16.5. The Balaban J connectivity index is 0.000000745. The molecule has 0 saturated heterocycles. The molecule has 0 aliphatic heterocycles. The number of nitrogens with zero attached hydrogens (tertiary/aromatic N) is 2. The number of carbonyl (C=O) groups excluding carboxylic acids is 1. The molecule has 1 aliphatic rings. The highest BCUT2D eigenvalue weighted by molar-refractivity contribution is 5.83. The van der Waals surface area contributed by atoms with Gasteiger partial charge >= 0.3 is 5.97 Å². The van der Waals surface area contributed by atoms with Crippen LogP contribution in [0.1, 0.15) is 32.0 Å². The molecule has 1 atom stereocenters. The Morgan fingerprint density at radius 1 is 1.55 bits per heavy atom. The first-order chi connectivity index (χ1) is 10.5.